The summed E-state index contributed by atoms with van der Waals surface area (Å²) in [6.07, 6.45) is 2.79. The van der Waals surface area contributed by atoms with E-state index in [1.807, 2.05) is 19.1 Å². The first kappa shape index (κ1) is 11.3. The van der Waals surface area contributed by atoms with Crippen molar-refractivity contribution in [3.63, 3.8) is 0 Å². The molecule has 0 amide bonds. The molecule has 0 radical (unpaired) electrons. The molecule has 1 aliphatic heterocycles. The summed E-state index contributed by atoms with van der Waals surface area (Å²) in [4.78, 5) is 7.64. The molecule has 0 saturated heterocycles. The minimum Gasteiger partial charge on any atom is -0.494 e. The van der Waals surface area contributed by atoms with Crippen LogP contribution in [-0.2, 0) is 6.42 Å². The second-order valence-corrected chi connectivity index (χ2v) is 4.41. The smallest absolute Gasteiger partial charge is 0.119 e. The van der Waals surface area contributed by atoms with Gasteiger partial charge in [-0.15, -0.1) is 0 Å². The van der Waals surface area contributed by atoms with Crippen LogP contribution in [0.15, 0.2) is 30.6 Å². The highest BCUT2D eigenvalue weighted by Gasteiger charge is 2.23. The third-order valence-corrected chi connectivity index (χ3v) is 3.27. The summed E-state index contributed by atoms with van der Waals surface area (Å²) in [6, 6.07) is 8.43. The van der Waals surface area contributed by atoms with Gasteiger partial charge in [-0.3, -0.25) is 0 Å². The van der Waals surface area contributed by atoms with Crippen LogP contribution in [0.2, 0.25) is 0 Å². The fourth-order valence-corrected chi connectivity index (χ4v) is 2.42. The fraction of sp³-hybridized carbons (Fsp3) is 0.357. The maximum absolute atomic E-state index is 5.46. The Labute approximate surface area is 106 Å². The molecule has 0 aliphatic carbocycles. The number of imidazole rings is 1. The molecule has 2 heterocycles. The number of fused-ring (bicyclic) bond motifs is 1. The van der Waals surface area contributed by atoms with Gasteiger partial charge in [-0.05, 0) is 24.6 Å². The summed E-state index contributed by atoms with van der Waals surface area (Å²) in [7, 11) is 0. The number of rotatable bonds is 3. The quantitative estimate of drug-likeness (QED) is 0.867. The van der Waals surface area contributed by atoms with Gasteiger partial charge in [0.1, 0.15) is 5.75 Å². The third kappa shape index (κ3) is 1.99. The number of nitrogens with one attached hydrogen (secondary N) is 2. The number of nitrogens with zero attached hydrogens (tertiary/aromatic N) is 1. The van der Waals surface area contributed by atoms with Gasteiger partial charge in [-0.2, -0.15) is 0 Å². The lowest BCUT2D eigenvalue weighted by Crippen LogP contribution is -2.30. The molecule has 3 rings (SSSR count). The van der Waals surface area contributed by atoms with Crippen LogP contribution in [0, 0.1) is 0 Å². The number of hydrogen-bond acceptors (Lipinski definition) is 3. The Hall–Kier alpha value is -1.81. The maximum atomic E-state index is 5.46. The van der Waals surface area contributed by atoms with Crippen LogP contribution >= 0.6 is 0 Å². The van der Waals surface area contributed by atoms with E-state index in [4.69, 9.17) is 4.74 Å². The van der Waals surface area contributed by atoms with Crippen molar-refractivity contribution in [1.29, 1.82) is 0 Å². The van der Waals surface area contributed by atoms with Crippen molar-refractivity contribution in [2.75, 3.05) is 13.2 Å². The van der Waals surface area contributed by atoms with Crippen LogP contribution in [-0.4, -0.2) is 23.1 Å². The maximum Gasteiger partial charge on any atom is 0.119 e. The zero-order valence-corrected chi connectivity index (χ0v) is 10.4. The monoisotopic (exact) mass is 243 g/mol. The van der Waals surface area contributed by atoms with E-state index in [0.29, 0.717) is 6.61 Å². The molecule has 18 heavy (non-hydrogen) atoms. The van der Waals surface area contributed by atoms with E-state index < -0.39 is 0 Å². The normalized spacial score (nSPS) is 18.4. The molecule has 1 atom stereocenters. The van der Waals surface area contributed by atoms with Crippen molar-refractivity contribution in [3.8, 4) is 5.75 Å². The molecule has 0 fully saturated rings. The van der Waals surface area contributed by atoms with Crippen molar-refractivity contribution >= 4 is 0 Å². The Morgan fingerprint density at radius 1 is 1.33 bits per heavy atom. The topological polar surface area (TPSA) is 49.9 Å². The predicted molar refractivity (Wildman–Crippen MR) is 69.7 cm³/mol. The lowest BCUT2D eigenvalue weighted by molar-refractivity contribution is 0.340. The molecule has 0 spiro atoms. The summed E-state index contributed by atoms with van der Waals surface area (Å²) in [6.45, 7) is 3.67. The van der Waals surface area contributed by atoms with E-state index in [1.54, 1.807) is 6.33 Å². The molecule has 1 aromatic heterocycles. The largest absolute Gasteiger partial charge is 0.494 e. The predicted octanol–water partition coefficient (Wildman–Crippen LogP) is 2.04. The highest BCUT2D eigenvalue weighted by molar-refractivity contribution is 5.35. The Morgan fingerprint density at radius 3 is 2.94 bits per heavy atom. The second kappa shape index (κ2) is 4.82. The van der Waals surface area contributed by atoms with E-state index in [2.05, 4.69) is 27.4 Å². The van der Waals surface area contributed by atoms with Crippen molar-refractivity contribution in [2.45, 2.75) is 19.4 Å². The molecular weight excluding hydrogens is 226 g/mol. The molecule has 1 aromatic carbocycles. The number of benzene rings is 1. The van der Waals surface area contributed by atoms with E-state index in [-0.39, 0.29) is 6.04 Å². The van der Waals surface area contributed by atoms with Crippen LogP contribution in [0.3, 0.4) is 0 Å². The summed E-state index contributed by atoms with van der Waals surface area (Å²) in [5, 5.41) is 3.51. The molecule has 2 aromatic rings. The molecule has 0 unspecified atom stereocenters. The van der Waals surface area contributed by atoms with Crippen molar-refractivity contribution < 1.29 is 4.74 Å². The number of aromatic amines is 1. The summed E-state index contributed by atoms with van der Waals surface area (Å²) in [5.41, 5.74) is 3.59. The van der Waals surface area contributed by atoms with Gasteiger partial charge in [-0.1, -0.05) is 12.1 Å². The Bertz CT molecular complexity index is 518. The Morgan fingerprint density at radius 2 is 2.17 bits per heavy atom. The number of hydrogen-bond donors (Lipinski definition) is 2. The molecule has 4 nitrogen and oxygen atoms in total. The van der Waals surface area contributed by atoms with E-state index >= 15 is 0 Å². The van der Waals surface area contributed by atoms with Gasteiger partial charge >= 0.3 is 0 Å². The lowest BCUT2D eigenvalue weighted by atomic mass is 9.98. The average Bonchev–Trinajstić information content (AvgIpc) is 2.88. The van der Waals surface area contributed by atoms with Gasteiger partial charge < -0.3 is 15.0 Å². The van der Waals surface area contributed by atoms with E-state index in [1.165, 1.54) is 11.3 Å². The van der Waals surface area contributed by atoms with Crippen LogP contribution in [0.5, 0.6) is 5.75 Å². The van der Waals surface area contributed by atoms with Crippen molar-refractivity contribution in [1.82, 2.24) is 15.3 Å². The van der Waals surface area contributed by atoms with Gasteiger partial charge in [0.25, 0.3) is 0 Å². The summed E-state index contributed by atoms with van der Waals surface area (Å²) < 4.78 is 5.46. The highest BCUT2D eigenvalue weighted by atomic mass is 16.5. The average molecular weight is 243 g/mol. The lowest BCUT2D eigenvalue weighted by Gasteiger charge is -2.23. The highest BCUT2D eigenvalue weighted by Crippen LogP contribution is 2.27. The molecule has 2 N–H and O–H groups in total. The minimum atomic E-state index is 0.190. The third-order valence-electron chi connectivity index (χ3n) is 3.27. The van der Waals surface area contributed by atoms with Gasteiger partial charge in [0, 0.05) is 18.7 Å². The molecule has 4 heteroatoms. The first-order valence-electron chi connectivity index (χ1n) is 6.36. The molecular formula is C14H17N3O. The zero-order valence-electron chi connectivity index (χ0n) is 10.4. The van der Waals surface area contributed by atoms with Gasteiger partial charge in [0.05, 0.1) is 24.7 Å². The number of aromatic nitrogens is 2. The van der Waals surface area contributed by atoms with Crippen LogP contribution < -0.4 is 10.1 Å². The van der Waals surface area contributed by atoms with Gasteiger partial charge in [0.2, 0.25) is 0 Å². The van der Waals surface area contributed by atoms with Crippen LogP contribution in [0.1, 0.15) is 29.9 Å². The van der Waals surface area contributed by atoms with Crippen molar-refractivity contribution in [2.24, 2.45) is 0 Å². The Balaban J connectivity index is 1.88. The van der Waals surface area contributed by atoms with Crippen molar-refractivity contribution in [3.05, 3.63) is 47.5 Å². The molecule has 0 saturated carbocycles. The van der Waals surface area contributed by atoms with Crippen LogP contribution in [0.25, 0.3) is 0 Å². The second-order valence-electron chi connectivity index (χ2n) is 4.41. The van der Waals surface area contributed by atoms with E-state index in [0.717, 1.165) is 24.4 Å². The standard InChI is InChI=1S/C14H17N3O/c1-2-18-11-5-3-10(4-6-11)13-14-12(7-8-15-13)16-9-17-14/h3-6,9,13,15H,2,7-8H2,1H3,(H,16,17)/t13-/m1/s1. The van der Waals surface area contributed by atoms with Gasteiger partial charge in [0.15, 0.2) is 0 Å². The summed E-state index contributed by atoms with van der Waals surface area (Å²) in [5.74, 6) is 0.916. The molecule has 0 bridgehead atoms. The number of H-pyrrole nitrogens is 1. The number of ether oxygens (including phenoxy) is 1. The summed E-state index contributed by atoms with van der Waals surface area (Å²) >= 11 is 0. The first-order valence-corrected chi connectivity index (χ1v) is 6.36. The molecule has 94 valence electrons. The van der Waals surface area contributed by atoms with Crippen LogP contribution in [0.4, 0.5) is 0 Å². The first-order chi connectivity index (χ1) is 8.88. The fourth-order valence-electron chi connectivity index (χ4n) is 2.42. The molecule has 1 aliphatic rings. The SMILES string of the molecule is CCOc1ccc([C@H]2NCCc3[nH]cnc32)cc1. The van der Waals surface area contributed by atoms with Gasteiger partial charge in [-0.25, -0.2) is 4.98 Å². The van der Waals surface area contributed by atoms with E-state index in [9.17, 15) is 0 Å². The minimum absolute atomic E-state index is 0.190. The zero-order chi connectivity index (χ0) is 12.4. The Kier molecular flexibility index (Phi) is 3.02.